The summed E-state index contributed by atoms with van der Waals surface area (Å²) in [6.07, 6.45) is 0. The minimum Gasteiger partial charge on any atom is -0.423 e. The lowest BCUT2D eigenvalue weighted by atomic mass is 10.1. The zero-order valence-electron chi connectivity index (χ0n) is 11.0. The number of carbonyl (C=O) groups is 1. The molecule has 0 radical (unpaired) electrons. The molecule has 0 fully saturated rings. The van der Waals surface area contributed by atoms with Gasteiger partial charge in [0.05, 0.1) is 5.56 Å². The summed E-state index contributed by atoms with van der Waals surface area (Å²) in [6, 6.07) is 11.6. The fourth-order valence-corrected chi connectivity index (χ4v) is 1.72. The first-order chi connectivity index (χ1) is 9.49. The van der Waals surface area contributed by atoms with Crippen molar-refractivity contribution in [1.82, 2.24) is 0 Å². The molecule has 0 aliphatic rings. The third-order valence-electron chi connectivity index (χ3n) is 2.92. The highest BCUT2D eigenvalue weighted by Crippen LogP contribution is 2.19. The topological polar surface area (TPSA) is 102 Å². The van der Waals surface area contributed by atoms with Gasteiger partial charge in [0, 0.05) is 11.3 Å². The van der Waals surface area contributed by atoms with Gasteiger partial charge >= 0.3 is 5.97 Å². The van der Waals surface area contributed by atoms with Crippen LogP contribution in [-0.2, 0) is 0 Å². The van der Waals surface area contributed by atoms with Crippen molar-refractivity contribution >= 4 is 17.5 Å². The fourth-order valence-electron chi connectivity index (χ4n) is 1.72. The summed E-state index contributed by atoms with van der Waals surface area (Å²) in [6.45, 7) is 1.83. The first kappa shape index (κ1) is 13.6. The third-order valence-corrected chi connectivity index (χ3v) is 2.92. The van der Waals surface area contributed by atoms with Crippen molar-refractivity contribution in [3.63, 3.8) is 0 Å². The third kappa shape index (κ3) is 2.77. The summed E-state index contributed by atoms with van der Waals surface area (Å²) in [5.41, 5.74) is 13.4. The van der Waals surface area contributed by atoms with Gasteiger partial charge < -0.3 is 16.2 Å². The molecule has 0 heterocycles. The number of rotatable bonds is 3. The van der Waals surface area contributed by atoms with Crippen LogP contribution < -0.4 is 16.2 Å². The maximum absolute atomic E-state index is 12.0. The van der Waals surface area contributed by atoms with Gasteiger partial charge in [0.2, 0.25) is 0 Å². The number of aryl methyl sites for hydroxylation is 1. The number of nitrogens with one attached hydrogen (secondary N) is 1. The smallest absolute Gasteiger partial charge is 0.345 e. The van der Waals surface area contributed by atoms with Crippen LogP contribution in [0.2, 0.25) is 0 Å². The maximum atomic E-state index is 12.0. The zero-order chi connectivity index (χ0) is 14.7. The molecule has 2 aromatic rings. The summed E-state index contributed by atoms with van der Waals surface area (Å²) in [5.74, 6) is -0.173. The normalized spacial score (nSPS) is 10.1. The number of hydrogen-bond donors (Lipinski definition) is 3. The number of amidine groups is 1. The molecule has 0 aliphatic heterocycles. The minimum atomic E-state index is -0.512. The molecule has 0 unspecified atom stereocenters. The first-order valence-corrected chi connectivity index (χ1v) is 6.01. The molecule has 2 aromatic carbocycles. The number of esters is 1. The van der Waals surface area contributed by atoms with Crippen molar-refractivity contribution in [3.8, 4) is 5.75 Å². The lowest BCUT2D eigenvalue weighted by molar-refractivity contribution is 0.0736. The van der Waals surface area contributed by atoms with Crippen LogP contribution in [0.5, 0.6) is 5.75 Å². The molecule has 2 rings (SSSR count). The van der Waals surface area contributed by atoms with E-state index in [-0.39, 0.29) is 5.84 Å². The van der Waals surface area contributed by atoms with Gasteiger partial charge in [-0.2, -0.15) is 0 Å². The average Bonchev–Trinajstić information content (AvgIpc) is 2.42. The van der Waals surface area contributed by atoms with Gasteiger partial charge in [-0.3, -0.25) is 5.41 Å². The Balaban J connectivity index is 2.19. The first-order valence-electron chi connectivity index (χ1n) is 6.01. The second kappa shape index (κ2) is 5.44. The van der Waals surface area contributed by atoms with Crippen molar-refractivity contribution in [2.45, 2.75) is 6.92 Å². The molecule has 20 heavy (non-hydrogen) atoms. The number of hydrogen-bond acceptors (Lipinski definition) is 4. The summed E-state index contributed by atoms with van der Waals surface area (Å²) < 4.78 is 5.24. The largest absolute Gasteiger partial charge is 0.423 e. The molecule has 0 aromatic heterocycles. The van der Waals surface area contributed by atoms with E-state index in [1.807, 2.05) is 13.0 Å². The van der Waals surface area contributed by atoms with E-state index < -0.39 is 5.97 Å². The molecular formula is C15H15N3O2. The number of para-hydroxylation sites is 1. The number of carbonyl (C=O) groups excluding carboxylic acids is 1. The molecule has 0 saturated carbocycles. The van der Waals surface area contributed by atoms with Crippen LogP contribution >= 0.6 is 0 Å². The molecule has 5 heteroatoms. The van der Waals surface area contributed by atoms with Crippen LogP contribution in [0.25, 0.3) is 0 Å². The van der Waals surface area contributed by atoms with E-state index >= 15 is 0 Å². The molecule has 0 bridgehead atoms. The van der Waals surface area contributed by atoms with Gasteiger partial charge in [-0.25, -0.2) is 4.79 Å². The number of benzene rings is 2. The number of ether oxygens (including phenoxy) is 1. The van der Waals surface area contributed by atoms with Crippen molar-refractivity contribution in [3.05, 3.63) is 59.2 Å². The van der Waals surface area contributed by atoms with Crippen LogP contribution in [0.15, 0.2) is 42.5 Å². The Hall–Kier alpha value is -2.82. The van der Waals surface area contributed by atoms with Gasteiger partial charge in [-0.1, -0.05) is 12.1 Å². The van der Waals surface area contributed by atoms with Gasteiger partial charge in [0.15, 0.2) is 0 Å². The quantitative estimate of drug-likeness (QED) is 0.261. The zero-order valence-corrected chi connectivity index (χ0v) is 11.0. The SMILES string of the molecule is Cc1cccc(C(=O)Oc2ccc(C(=N)N)cc2)c1N. The molecule has 0 aliphatic carbocycles. The summed E-state index contributed by atoms with van der Waals surface area (Å²) >= 11 is 0. The Labute approximate surface area is 116 Å². The van der Waals surface area contributed by atoms with Crippen molar-refractivity contribution in [1.29, 1.82) is 5.41 Å². The van der Waals surface area contributed by atoms with E-state index in [1.165, 1.54) is 0 Å². The van der Waals surface area contributed by atoms with E-state index in [4.69, 9.17) is 21.6 Å². The van der Waals surface area contributed by atoms with E-state index in [1.54, 1.807) is 36.4 Å². The number of nitrogen functional groups attached to an aromatic ring is 2. The maximum Gasteiger partial charge on any atom is 0.345 e. The summed E-state index contributed by atoms with van der Waals surface area (Å²) in [4.78, 5) is 12.0. The van der Waals surface area contributed by atoms with Crippen LogP contribution in [0.4, 0.5) is 5.69 Å². The molecule has 102 valence electrons. The highest BCUT2D eigenvalue weighted by atomic mass is 16.5. The Morgan fingerprint density at radius 1 is 1.15 bits per heavy atom. The highest BCUT2D eigenvalue weighted by molar-refractivity contribution is 5.97. The summed E-state index contributed by atoms with van der Waals surface area (Å²) in [5, 5.41) is 7.29. The second-order valence-corrected chi connectivity index (χ2v) is 4.36. The van der Waals surface area contributed by atoms with E-state index in [0.717, 1.165) is 5.56 Å². The van der Waals surface area contributed by atoms with Crippen LogP contribution in [0.3, 0.4) is 0 Å². The standard InChI is InChI=1S/C15H15N3O2/c1-9-3-2-4-12(13(9)16)15(19)20-11-7-5-10(6-8-11)14(17)18/h2-8H,16H2,1H3,(H3,17,18). The monoisotopic (exact) mass is 269 g/mol. The Morgan fingerprint density at radius 2 is 1.80 bits per heavy atom. The van der Waals surface area contributed by atoms with Crippen molar-refractivity contribution in [2.24, 2.45) is 5.73 Å². The highest BCUT2D eigenvalue weighted by Gasteiger charge is 2.13. The fraction of sp³-hybridized carbons (Fsp3) is 0.0667. The minimum absolute atomic E-state index is 0.0363. The Morgan fingerprint density at radius 3 is 2.40 bits per heavy atom. The number of anilines is 1. The molecule has 0 spiro atoms. The number of nitrogens with two attached hydrogens (primary N) is 2. The van der Waals surface area contributed by atoms with Gasteiger partial charge in [-0.05, 0) is 42.8 Å². The molecule has 0 saturated heterocycles. The summed E-state index contributed by atoms with van der Waals surface area (Å²) in [7, 11) is 0. The lowest BCUT2D eigenvalue weighted by Crippen LogP contribution is -2.13. The van der Waals surface area contributed by atoms with Crippen LogP contribution in [0.1, 0.15) is 21.5 Å². The molecule has 5 N–H and O–H groups in total. The second-order valence-electron chi connectivity index (χ2n) is 4.36. The predicted molar refractivity (Wildman–Crippen MR) is 78.0 cm³/mol. The average molecular weight is 269 g/mol. The molecule has 5 nitrogen and oxygen atoms in total. The Bertz CT molecular complexity index is 663. The lowest BCUT2D eigenvalue weighted by Gasteiger charge is -2.08. The van der Waals surface area contributed by atoms with Crippen molar-refractivity contribution < 1.29 is 9.53 Å². The van der Waals surface area contributed by atoms with Crippen LogP contribution in [0, 0.1) is 12.3 Å². The molecule has 0 amide bonds. The van der Waals surface area contributed by atoms with E-state index in [9.17, 15) is 4.79 Å². The Kier molecular flexibility index (Phi) is 3.70. The predicted octanol–water partition coefficient (Wildman–Crippen LogP) is 2.08. The van der Waals surface area contributed by atoms with Gasteiger partial charge in [0.25, 0.3) is 0 Å². The van der Waals surface area contributed by atoms with Crippen molar-refractivity contribution in [2.75, 3.05) is 5.73 Å². The van der Waals surface area contributed by atoms with Crippen LogP contribution in [-0.4, -0.2) is 11.8 Å². The van der Waals surface area contributed by atoms with Gasteiger partial charge in [-0.15, -0.1) is 0 Å². The van der Waals surface area contributed by atoms with E-state index in [0.29, 0.717) is 22.6 Å². The van der Waals surface area contributed by atoms with E-state index in [2.05, 4.69) is 0 Å². The van der Waals surface area contributed by atoms with Gasteiger partial charge in [0.1, 0.15) is 11.6 Å². The molecule has 0 atom stereocenters. The molecular weight excluding hydrogens is 254 g/mol.